The van der Waals surface area contributed by atoms with Gasteiger partial charge in [0.15, 0.2) is 0 Å². The van der Waals surface area contributed by atoms with Gasteiger partial charge in [-0.2, -0.15) is 0 Å². The summed E-state index contributed by atoms with van der Waals surface area (Å²) in [7, 11) is 1.70. The smallest absolute Gasteiger partial charge is 0.143 e. The van der Waals surface area contributed by atoms with E-state index in [1.807, 2.05) is 6.07 Å². The van der Waals surface area contributed by atoms with Crippen LogP contribution in [0.5, 0.6) is 0 Å². The van der Waals surface area contributed by atoms with Crippen LogP contribution in [0.25, 0.3) is 0 Å². The molecule has 1 aliphatic carbocycles. The lowest BCUT2D eigenvalue weighted by atomic mass is 10.2. The molecule has 1 saturated carbocycles. The molecule has 1 aliphatic rings. The molecule has 0 unspecified atom stereocenters. The number of hydrogen-bond donors (Lipinski definition) is 2. The molecule has 5 nitrogen and oxygen atoms in total. The number of hydrogen-bond acceptors (Lipinski definition) is 5. The summed E-state index contributed by atoms with van der Waals surface area (Å²) >= 11 is 0. The maximum absolute atomic E-state index is 5.40. The topological polar surface area (TPSA) is 73.1 Å². The minimum Gasteiger partial charge on any atom is -0.385 e. The van der Waals surface area contributed by atoms with Gasteiger partial charge in [0.25, 0.3) is 0 Å². The Morgan fingerprint density at radius 1 is 1.50 bits per heavy atom. The highest BCUT2D eigenvalue weighted by Gasteiger charge is 2.25. The highest BCUT2D eigenvalue weighted by Crippen LogP contribution is 2.39. The molecule has 0 aromatic carbocycles. The number of methoxy groups -OCH3 is 1. The summed E-state index contributed by atoms with van der Waals surface area (Å²) < 4.78 is 5.01. The van der Waals surface area contributed by atoms with Crippen LogP contribution in [0.4, 0.5) is 5.82 Å². The van der Waals surface area contributed by atoms with Crippen LogP contribution in [0.1, 0.15) is 36.7 Å². The Kier molecular flexibility index (Phi) is 3.69. The summed E-state index contributed by atoms with van der Waals surface area (Å²) in [6.45, 7) is 0.738. The lowest BCUT2D eigenvalue weighted by Gasteiger charge is -2.06. The number of aryl methyl sites for hydroxylation is 1. The first-order chi connectivity index (χ1) is 7.83. The van der Waals surface area contributed by atoms with E-state index >= 15 is 0 Å². The van der Waals surface area contributed by atoms with Gasteiger partial charge < -0.3 is 10.2 Å². The number of nitrogens with one attached hydrogen (secondary N) is 1. The number of rotatable bonds is 6. The SMILES string of the molecule is COCCCc1nc(NN)cc(C2CC2)n1. The molecular weight excluding hydrogens is 204 g/mol. The van der Waals surface area contributed by atoms with Crippen molar-refractivity contribution in [1.82, 2.24) is 9.97 Å². The number of hydrazine groups is 1. The molecule has 0 aliphatic heterocycles. The Hall–Kier alpha value is -1.20. The number of aromatic nitrogens is 2. The molecular formula is C11H18N4O. The highest BCUT2D eigenvalue weighted by atomic mass is 16.5. The summed E-state index contributed by atoms with van der Waals surface area (Å²) in [5.74, 6) is 7.59. The van der Waals surface area contributed by atoms with E-state index in [2.05, 4.69) is 15.4 Å². The van der Waals surface area contributed by atoms with Crippen LogP contribution in [0.2, 0.25) is 0 Å². The Morgan fingerprint density at radius 3 is 2.94 bits per heavy atom. The number of nitrogen functional groups attached to an aromatic ring is 1. The molecule has 0 radical (unpaired) electrons. The van der Waals surface area contributed by atoms with Gasteiger partial charge >= 0.3 is 0 Å². The fourth-order valence-corrected chi connectivity index (χ4v) is 1.67. The van der Waals surface area contributed by atoms with Crippen molar-refractivity contribution in [1.29, 1.82) is 0 Å². The number of nitrogens with zero attached hydrogens (tertiary/aromatic N) is 2. The second-order valence-corrected chi connectivity index (χ2v) is 4.11. The van der Waals surface area contributed by atoms with Crippen molar-refractivity contribution in [2.75, 3.05) is 19.1 Å². The van der Waals surface area contributed by atoms with Crippen molar-refractivity contribution >= 4 is 5.82 Å². The molecule has 1 fully saturated rings. The van der Waals surface area contributed by atoms with Crippen molar-refractivity contribution in [2.45, 2.75) is 31.6 Å². The van der Waals surface area contributed by atoms with Gasteiger partial charge in [0.1, 0.15) is 11.6 Å². The zero-order valence-corrected chi connectivity index (χ0v) is 9.57. The molecule has 0 spiro atoms. The molecule has 88 valence electrons. The van der Waals surface area contributed by atoms with E-state index in [1.54, 1.807) is 7.11 Å². The van der Waals surface area contributed by atoms with Gasteiger partial charge in [-0.05, 0) is 19.3 Å². The molecule has 0 bridgehead atoms. The maximum Gasteiger partial charge on any atom is 0.143 e. The maximum atomic E-state index is 5.40. The van der Waals surface area contributed by atoms with Crippen molar-refractivity contribution in [2.24, 2.45) is 5.84 Å². The molecule has 0 saturated heterocycles. The fourth-order valence-electron chi connectivity index (χ4n) is 1.67. The first kappa shape index (κ1) is 11.3. The van der Waals surface area contributed by atoms with Crippen LogP contribution in [-0.4, -0.2) is 23.7 Å². The van der Waals surface area contributed by atoms with Gasteiger partial charge in [0, 0.05) is 37.8 Å². The summed E-state index contributed by atoms with van der Waals surface area (Å²) in [6, 6.07) is 1.94. The third-order valence-electron chi connectivity index (χ3n) is 2.68. The van der Waals surface area contributed by atoms with Gasteiger partial charge in [0.05, 0.1) is 0 Å². The molecule has 1 aromatic rings. The predicted octanol–water partition coefficient (Wildman–Crippen LogP) is 1.22. The van der Waals surface area contributed by atoms with E-state index in [9.17, 15) is 0 Å². The molecule has 0 amide bonds. The van der Waals surface area contributed by atoms with E-state index < -0.39 is 0 Å². The largest absolute Gasteiger partial charge is 0.385 e. The number of ether oxygens (including phenoxy) is 1. The van der Waals surface area contributed by atoms with Crippen LogP contribution in [-0.2, 0) is 11.2 Å². The molecule has 16 heavy (non-hydrogen) atoms. The van der Waals surface area contributed by atoms with Gasteiger partial charge in [-0.1, -0.05) is 0 Å². The summed E-state index contributed by atoms with van der Waals surface area (Å²) in [5, 5.41) is 0. The first-order valence-electron chi connectivity index (χ1n) is 5.67. The minimum atomic E-state index is 0.622. The average Bonchev–Trinajstić information content (AvgIpc) is 3.13. The highest BCUT2D eigenvalue weighted by molar-refractivity contribution is 5.36. The van der Waals surface area contributed by atoms with Crippen LogP contribution in [0.15, 0.2) is 6.07 Å². The van der Waals surface area contributed by atoms with Gasteiger partial charge in [-0.25, -0.2) is 15.8 Å². The van der Waals surface area contributed by atoms with E-state index in [0.717, 1.165) is 31.0 Å². The number of anilines is 1. The zero-order valence-electron chi connectivity index (χ0n) is 9.57. The zero-order chi connectivity index (χ0) is 11.4. The molecule has 1 aromatic heterocycles. The van der Waals surface area contributed by atoms with Crippen molar-refractivity contribution in [3.8, 4) is 0 Å². The van der Waals surface area contributed by atoms with Crippen LogP contribution >= 0.6 is 0 Å². The Morgan fingerprint density at radius 2 is 2.31 bits per heavy atom. The lowest BCUT2D eigenvalue weighted by molar-refractivity contribution is 0.194. The Labute approximate surface area is 95.4 Å². The first-order valence-corrected chi connectivity index (χ1v) is 5.67. The molecule has 0 atom stereocenters. The van der Waals surface area contributed by atoms with E-state index in [0.29, 0.717) is 11.7 Å². The number of nitrogens with two attached hydrogens (primary N) is 1. The van der Waals surface area contributed by atoms with Crippen molar-refractivity contribution in [3.05, 3.63) is 17.6 Å². The molecule has 1 heterocycles. The lowest BCUT2D eigenvalue weighted by Crippen LogP contribution is -2.12. The minimum absolute atomic E-state index is 0.622. The molecule has 3 N–H and O–H groups in total. The monoisotopic (exact) mass is 222 g/mol. The van der Waals surface area contributed by atoms with Crippen molar-refractivity contribution < 1.29 is 4.74 Å². The van der Waals surface area contributed by atoms with E-state index in [4.69, 9.17) is 10.6 Å². The van der Waals surface area contributed by atoms with Gasteiger partial charge in [0.2, 0.25) is 0 Å². The average molecular weight is 222 g/mol. The second kappa shape index (κ2) is 5.23. The standard InChI is InChI=1S/C11H18N4O/c1-16-6-2-3-10-13-9(8-4-5-8)7-11(14-10)15-12/h7-8H,2-6,12H2,1H3,(H,13,14,15). The van der Waals surface area contributed by atoms with Crippen LogP contribution in [0.3, 0.4) is 0 Å². The van der Waals surface area contributed by atoms with E-state index in [-0.39, 0.29) is 0 Å². The predicted molar refractivity (Wildman–Crippen MR) is 62.0 cm³/mol. The molecule has 5 heteroatoms. The second-order valence-electron chi connectivity index (χ2n) is 4.11. The van der Waals surface area contributed by atoms with Crippen LogP contribution in [0, 0.1) is 0 Å². The Balaban J connectivity index is 2.06. The Bertz CT molecular complexity index is 352. The summed E-state index contributed by atoms with van der Waals surface area (Å²) in [6.07, 6.45) is 4.24. The van der Waals surface area contributed by atoms with Gasteiger partial charge in [-0.3, -0.25) is 0 Å². The third kappa shape index (κ3) is 2.90. The van der Waals surface area contributed by atoms with Crippen LogP contribution < -0.4 is 11.3 Å². The third-order valence-corrected chi connectivity index (χ3v) is 2.68. The quantitative estimate of drug-likeness (QED) is 0.430. The van der Waals surface area contributed by atoms with Gasteiger partial charge in [-0.15, -0.1) is 0 Å². The van der Waals surface area contributed by atoms with E-state index in [1.165, 1.54) is 12.8 Å². The summed E-state index contributed by atoms with van der Waals surface area (Å²) in [4.78, 5) is 8.88. The van der Waals surface area contributed by atoms with Crippen molar-refractivity contribution in [3.63, 3.8) is 0 Å². The fraction of sp³-hybridized carbons (Fsp3) is 0.636. The normalized spacial score (nSPS) is 15.1. The molecule has 2 rings (SSSR count). The summed E-state index contributed by atoms with van der Waals surface area (Å²) in [5.41, 5.74) is 3.72.